The van der Waals surface area contributed by atoms with Gasteiger partial charge in [-0.05, 0) is 109 Å². The summed E-state index contributed by atoms with van der Waals surface area (Å²) < 4.78 is 0. The van der Waals surface area contributed by atoms with Gasteiger partial charge in [-0.1, -0.05) is 52.0 Å². The van der Waals surface area contributed by atoms with E-state index in [0.717, 1.165) is 44.4 Å². The van der Waals surface area contributed by atoms with Crippen molar-refractivity contribution < 1.29 is 15.0 Å². The van der Waals surface area contributed by atoms with Crippen molar-refractivity contribution in [2.75, 3.05) is 25.1 Å². The van der Waals surface area contributed by atoms with Crippen LogP contribution in [0.3, 0.4) is 0 Å². The third-order valence-electron chi connectivity index (χ3n) is 10.4. The molecule has 1 amide bonds. The van der Waals surface area contributed by atoms with Gasteiger partial charge < -0.3 is 15.1 Å². The van der Waals surface area contributed by atoms with Gasteiger partial charge in [-0.15, -0.1) is 0 Å². The van der Waals surface area contributed by atoms with Gasteiger partial charge in [-0.25, -0.2) is 0 Å². The van der Waals surface area contributed by atoms with Gasteiger partial charge in [-0.2, -0.15) is 11.8 Å². The molecule has 4 nitrogen and oxygen atoms in total. The number of unbranched alkanes of at least 4 members (excludes halogenated alkanes) is 5. The number of aliphatic hydroxyl groups is 1. The molecule has 0 aromatic heterocycles. The fourth-order valence-corrected chi connectivity index (χ4v) is 9.08. The molecule has 2 N–H and O–H groups in total. The second-order valence-corrected chi connectivity index (χ2v) is 14.1. The lowest BCUT2D eigenvalue weighted by molar-refractivity contribution is -0.129. The summed E-state index contributed by atoms with van der Waals surface area (Å²) in [6.45, 7) is 5.42. The molecular weight excluding hydrogens is 490 g/mol. The molecule has 2 saturated carbocycles. The van der Waals surface area contributed by atoms with Gasteiger partial charge >= 0.3 is 0 Å². The summed E-state index contributed by atoms with van der Waals surface area (Å²) in [5, 5.41) is 21.0. The van der Waals surface area contributed by atoms with Gasteiger partial charge in [0.25, 0.3) is 0 Å². The van der Waals surface area contributed by atoms with Gasteiger partial charge in [0.05, 0.1) is 6.10 Å². The zero-order chi connectivity index (χ0) is 27.1. The molecule has 5 heteroatoms. The number of amides is 1. The van der Waals surface area contributed by atoms with Crippen LogP contribution in [0.2, 0.25) is 0 Å². The van der Waals surface area contributed by atoms with Gasteiger partial charge in [0.2, 0.25) is 5.91 Å². The molecule has 0 spiro atoms. The summed E-state index contributed by atoms with van der Waals surface area (Å²) in [5.41, 5.74) is 2.96. The largest absolute Gasteiger partial charge is 0.508 e. The molecular formula is C33H53NO3S. The first-order valence-corrected chi connectivity index (χ1v) is 16.8. The Hall–Kier alpha value is -1.20. The molecule has 6 atom stereocenters. The highest BCUT2D eigenvalue weighted by Crippen LogP contribution is 2.62. The number of hydrogen-bond acceptors (Lipinski definition) is 4. The summed E-state index contributed by atoms with van der Waals surface area (Å²) in [6.07, 6.45) is 16.1. The number of aliphatic hydroxyl groups excluding tert-OH is 1. The van der Waals surface area contributed by atoms with E-state index in [0.29, 0.717) is 41.7 Å². The van der Waals surface area contributed by atoms with Gasteiger partial charge in [0, 0.05) is 25.8 Å². The molecule has 4 rings (SSSR count). The van der Waals surface area contributed by atoms with E-state index in [9.17, 15) is 15.0 Å². The van der Waals surface area contributed by atoms with Crippen molar-refractivity contribution in [1.82, 2.24) is 4.90 Å². The average molecular weight is 544 g/mol. The Labute approximate surface area is 236 Å². The first-order chi connectivity index (χ1) is 18.3. The highest BCUT2D eigenvalue weighted by atomic mass is 32.2. The van der Waals surface area contributed by atoms with Gasteiger partial charge in [0.1, 0.15) is 5.75 Å². The molecule has 1 aromatic carbocycles. The number of phenols is 1. The lowest BCUT2D eigenvalue weighted by atomic mass is 9.52. The van der Waals surface area contributed by atoms with Crippen molar-refractivity contribution >= 4 is 17.7 Å². The Bertz CT molecular complexity index is 906. The number of carbonyl (C=O) groups excluding carboxylic acids is 1. The fourth-order valence-electron chi connectivity index (χ4n) is 8.14. The van der Waals surface area contributed by atoms with Crippen LogP contribution in [0.1, 0.15) is 114 Å². The lowest BCUT2D eigenvalue weighted by Crippen LogP contribution is -2.47. The Kier molecular flexibility index (Phi) is 10.9. The van der Waals surface area contributed by atoms with Crippen LogP contribution in [0.4, 0.5) is 0 Å². The van der Waals surface area contributed by atoms with E-state index >= 15 is 0 Å². The smallest absolute Gasteiger partial charge is 0.223 e. The number of phenolic OH excluding ortho intramolecular Hbond substituents is 1. The molecule has 0 heterocycles. The third kappa shape index (κ3) is 6.92. The van der Waals surface area contributed by atoms with E-state index in [2.05, 4.69) is 19.9 Å². The van der Waals surface area contributed by atoms with Crippen molar-refractivity contribution in [2.45, 2.75) is 116 Å². The van der Waals surface area contributed by atoms with E-state index in [1.165, 1.54) is 68.2 Å². The summed E-state index contributed by atoms with van der Waals surface area (Å²) in [4.78, 5) is 14.0. The minimum absolute atomic E-state index is 0.0983. The predicted octanol–water partition coefficient (Wildman–Crippen LogP) is 7.56. The molecule has 38 heavy (non-hydrogen) atoms. The van der Waals surface area contributed by atoms with Gasteiger partial charge in [0.15, 0.2) is 0 Å². The minimum Gasteiger partial charge on any atom is -0.508 e. The fraction of sp³-hybridized carbons (Fsp3) is 0.788. The Morgan fingerprint density at radius 1 is 1.08 bits per heavy atom. The van der Waals surface area contributed by atoms with Crippen LogP contribution < -0.4 is 0 Å². The number of aromatic hydroxyl groups is 1. The van der Waals surface area contributed by atoms with Crippen LogP contribution in [0.25, 0.3) is 0 Å². The van der Waals surface area contributed by atoms with Crippen molar-refractivity contribution in [3.63, 3.8) is 0 Å². The van der Waals surface area contributed by atoms with Gasteiger partial charge in [-0.3, -0.25) is 4.79 Å². The molecule has 214 valence electrons. The van der Waals surface area contributed by atoms with E-state index < -0.39 is 0 Å². The SMILES string of the molecule is CCCCN(C)C(=O)CCSCCCCCCC[C@@H]1Cc2cc(O)ccc2C2CC[C@@]3(C)C(CC[C@@H]3O)C21. The normalized spacial score (nSPS) is 29.9. The van der Waals surface area contributed by atoms with E-state index in [4.69, 9.17) is 0 Å². The third-order valence-corrected chi connectivity index (χ3v) is 11.5. The van der Waals surface area contributed by atoms with E-state index in [1.807, 2.05) is 35.8 Å². The highest BCUT2D eigenvalue weighted by molar-refractivity contribution is 7.99. The summed E-state index contributed by atoms with van der Waals surface area (Å²) in [7, 11) is 1.93. The molecule has 1 aromatic rings. The zero-order valence-electron chi connectivity index (χ0n) is 24.3. The molecule has 3 aliphatic carbocycles. The van der Waals surface area contributed by atoms with Crippen LogP contribution in [-0.4, -0.2) is 52.2 Å². The molecule has 0 bridgehead atoms. The standard InChI is InChI=1S/C33H53NO3S/c1-4-5-19-34(3)31(37)17-21-38-20-10-8-6-7-9-11-24-22-25-23-26(35)12-13-27(25)28-16-18-33(2)29(32(24)28)14-15-30(33)36/h12-13,23-24,28-30,32,35-36H,4-11,14-22H2,1-3H3/t24-,28?,29?,30+,32?,33+/m1/s1. The molecule has 2 fully saturated rings. The maximum absolute atomic E-state index is 12.1. The second-order valence-electron chi connectivity index (χ2n) is 12.9. The lowest BCUT2D eigenvalue weighted by Gasteiger charge is -2.53. The van der Waals surface area contributed by atoms with Crippen molar-refractivity contribution in [3.8, 4) is 5.75 Å². The second kappa shape index (κ2) is 13.9. The number of nitrogens with zero attached hydrogens (tertiary/aromatic N) is 1. The zero-order valence-corrected chi connectivity index (χ0v) is 25.1. The average Bonchev–Trinajstić information content (AvgIpc) is 3.21. The Morgan fingerprint density at radius 2 is 1.87 bits per heavy atom. The molecule has 0 saturated heterocycles. The molecule has 3 unspecified atom stereocenters. The number of thioether (sulfide) groups is 1. The van der Waals surface area contributed by atoms with Crippen LogP contribution in [0, 0.1) is 23.2 Å². The quantitative estimate of drug-likeness (QED) is 0.238. The number of rotatable bonds is 14. The monoisotopic (exact) mass is 543 g/mol. The molecule has 0 radical (unpaired) electrons. The van der Waals surface area contributed by atoms with E-state index in [-0.39, 0.29) is 11.5 Å². The predicted molar refractivity (Wildman–Crippen MR) is 160 cm³/mol. The van der Waals surface area contributed by atoms with Crippen LogP contribution in [0.5, 0.6) is 5.75 Å². The maximum Gasteiger partial charge on any atom is 0.223 e. The van der Waals surface area contributed by atoms with Crippen molar-refractivity contribution in [1.29, 1.82) is 0 Å². The van der Waals surface area contributed by atoms with Crippen molar-refractivity contribution in [2.24, 2.45) is 23.2 Å². The first kappa shape index (κ1) is 29.8. The Balaban J connectivity index is 1.19. The highest BCUT2D eigenvalue weighted by Gasteiger charge is 2.56. The topological polar surface area (TPSA) is 60.8 Å². The van der Waals surface area contributed by atoms with Crippen molar-refractivity contribution in [3.05, 3.63) is 29.3 Å². The molecule has 0 aliphatic heterocycles. The van der Waals surface area contributed by atoms with E-state index in [1.54, 1.807) is 0 Å². The number of benzene rings is 1. The minimum atomic E-state index is -0.131. The summed E-state index contributed by atoms with van der Waals surface area (Å²) >= 11 is 1.94. The first-order valence-electron chi connectivity index (χ1n) is 15.7. The summed E-state index contributed by atoms with van der Waals surface area (Å²) in [5.74, 6) is 5.41. The number of fused-ring (bicyclic) bond motifs is 5. The summed E-state index contributed by atoms with van der Waals surface area (Å²) in [6, 6.07) is 6.12. The maximum atomic E-state index is 12.1. The number of carbonyl (C=O) groups is 1. The van der Waals surface area contributed by atoms with Crippen LogP contribution in [0.15, 0.2) is 18.2 Å². The Morgan fingerprint density at radius 3 is 2.68 bits per heavy atom. The number of hydrogen-bond donors (Lipinski definition) is 2. The molecule has 3 aliphatic rings. The van der Waals surface area contributed by atoms with Crippen LogP contribution in [-0.2, 0) is 11.2 Å². The van der Waals surface area contributed by atoms with Crippen LogP contribution >= 0.6 is 11.8 Å².